The number of Topliss-reactive ketones (excluding diaryl/α,β-unsaturated/α-hetero) is 1. The van der Waals surface area contributed by atoms with Gasteiger partial charge in [-0.15, -0.1) is 0 Å². The second-order valence-electron chi connectivity index (χ2n) is 7.93. The number of hydrogen-bond acceptors (Lipinski definition) is 4. The number of hydrogen-bond donors (Lipinski definition) is 0. The Hall–Kier alpha value is -1.79. The smallest absolute Gasteiger partial charge is 0.261 e. The first-order valence-electron chi connectivity index (χ1n) is 9.34. The number of carbonyl (C=O) groups is 1. The van der Waals surface area contributed by atoms with Crippen molar-refractivity contribution in [2.24, 2.45) is 0 Å². The van der Waals surface area contributed by atoms with Crippen LogP contribution < -0.4 is 10.4 Å². The minimum atomic E-state index is -2.65. The van der Waals surface area contributed by atoms with E-state index in [0.717, 1.165) is 0 Å². The third-order valence-corrected chi connectivity index (χ3v) is 10.2. The van der Waals surface area contributed by atoms with Crippen molar-refractivity contribution in [1.82, 2.24) is 0 Å². The van der Waals surface area contributed by atoms with Crippen LogP contribution in [0.2, 0.25) is 5.04 Å². The molecular weight excluding hydrogens is 356 g/mol. The van der Waals surface area contributed by atoms with Crippen LogP contribution in [0.5, 0.6) is 0 Å². The molecule has 2 atom stereocenters. The lowest BCUT2D eigenvalue weighted by molar-refractivity contribution is -0.133. The Kier molecular flexibility index (Phi) is 5.96. The van der Waals surface area contributed by atoms with Crippen LogP contribution in [0.1, 0.15) is 27.2 Å². The molecule has 0 saturated carbocycles. The van der Waals surface area contributed by atoms with E-state index in [9.17, 15) is 4.79 Å². The molecular formula is C22H28O4Si. The molecule has 0 aliphatic carbocycles. The van der Waals surface area contributed by atoms with E-state index in [1.165, 1.54) is 10.4 Å². The molecule has 0 aromatic heterocycles. The lowest BCUT2D eigenvalue weighted by Gasteiger charge is -2.43. The van der Waals surface area contributed by atoms with Crippen molar-refractivity contribution in [2.75, 3.05) is 13.7 Å². The van der Waals surface area contributed by atoms with Gasteiger partial charge in [-0.05, 0) is 15.4 Å². The molecule has 1 heterocycles. The van der Waals surface area contributed by atoms with Crippen LogP contribution in [0.3, 0.4) is 0 Å². The first kappa shape index (κ1) is 20.0. The van der Waals surface area contributed by atoms with Crippen LogP contribution in [0, 0.1) is 0 Å². The van der Waals surface area contributed by atoms with Crippen LogP contribution in [-0.4, -0.2) is 40.2 Å². The summed E-state index contributed by atoms with van der Waals surface area (Å²) in [6, 6.07) is 20.8. The standard InChI is InChI=1S/C22H28O4Si/c1-22(2,3)27(17-11-7-5-8-12-17,18-13-9-6-10-14-18)25-16-20-19(23)15-21(24-4)26-20/h5-14,20-21H,15-16H2,1-4H3/t20-,21-/m1/s1. The zero-order chi connectivity index (χ0) is 19.5. The molecule has 4 nitrogen and oxygen atoms in total. The van der Waals surface area contributed by atoms with Crippen molar-refractivity contribution in [3.63, 3.8) is 0 Å². The summed E-state index contributed by atoms with van der Waals surface area (Å²) in [4.78, 5) is 12.3. The van der Waals surface area contributed by atoms with Gasteiger partial charge in [0.2, 0.25) is 0 Å². The minimum Gasteiger partial charge on any atom is -0.404 e. The maximum atomic E-state index is 12.3. The minimum absolute atomic E-state index is 0.0415. The van der Waals surface area contributed by atoms with Gasteiger partial charge in [0.25, 0.3) is 8.32 Å². The van der Waals surface area contributed by atoms with Gasteiger partial charge in [-0.3, -0.25) is 4.79 Å². The van der Waals surface area contributed by atoms with Gasteiger partial charge in [-0.2, -0.15) is 0 Å². The zero-order valence-electron chi connectivity index (χ0n) is 16.5. The maximum Gasteiger partial charge on any atom is 0.261 e. The largest absolute Gasteiger partial charge is 0.404 e. The lowest BCUT2D eigenvalue weighted by atomic mass is 10.2. The molecule has 1 aliphatic rings. The molecule has 3 rings (SSSR count). The molecule has 27 heavy (non-hydrogen) atoms. The highest BCUT2D eigenvalue weighted by atomic mass is 28.4. The Bertz CT molecular complexity index is 715. The summed E-state index contributed by atoms with van der Waals surface area (Å²) in [5.74, 6) is 0.0415. The van der Waals surface area contributed by atoms with Crippen molar-refractivity contribution in [1.29, 1.82) is 0 Å². The van der Waals surface area contributed by atoms with E-state index in [1.54, 1.807) is 7.11 Å². The first-order chi connectivity index (χ1) is 12.9. The van der Waals surface area contributed by atoms with E-state index >= 15 is 0 Å². The van der Waals surface area contributed by atoms with Crippen molar-refractivity contribution in [3.8, 4) is 0 Å². The summed E-state index contributed by atoms with van der Waals surface area (Å²) in [6.07, 6.45) is -0.757. The second kappa shape index (κ2) is 8.06. The third-order valence-electron chi connectivity index (χ3n) is 5.17. The van der Waals surface area contributed by atoms with Crippen LogP contribution >= 0.6 is 0 Å². The highest BCUT2D eigenvalue weighted by molar-refractivity contribution is 6.99. The fourth-order valence-electron chi connectivity index (χ4n) is 3.84. The average Bonchev–Trinajstić information content (AvgIpc) is 3.03. The third kappa shape index (κ3) is 3.92. The predicted molar refractivity (Wildman–Crippen MR) is 109 cm³/mol. The molecule has 0 bridgehead atoms. The van der Waals surface area contributed by atoms with Gasteiger partial charge >= 0.3 is 0 Å². The van der Waals surface area contributed by atoms with Crippen LogP contribution in [0.25, 0.3) is 0 Å². The van der Waals surface area contributed by atoms with Gasteiger partial charge in [0.15, 0.2) is 12.1 Å². The molecule has 1 saturated heterocycles. The Labute approximate surface area is 162 Å². The van der Waals surface area contributed by atoms with E-state index < -0.39 is 20.7 Å². The molecule has 1 fully saturated rings. The molecule has 0 spiro atoms. The molecule has 0 radical (unpaired) electrons. The quantitative estimate of drug-likeness (QED) is 0.719. The number of benzene rings is 2. The Morgan fingerprint density at radius 3 is 1.93 bits per heavy atom. The SMILES string of the molecule is CO[C@H]1CC(=O)[C@@H](CO[Si](c2ccccc2)(c2ccccc2)C(C)(C)C)O1. The number of rotatable bonds is 6. The van der Waals surface area contributed by atoms with Crippen LogP contribution in [-0.2, 0) is 18.7 Å². The van der Waals surface area contributed by atoms with Gasteiger partial charge in [-0.1, -0.05) is 81.4 Å². The zero-order valence-corrected chi connectivity index (χ0v) is 17.5. The number of methoxy groups -OCH3 is 1. The average molecular weight is 385 g/mol. The summed E-state index contributed by atoms with van der Waals surface area (Å²) in [7, 11) is -1.09. The number of carbonyl (C=O) groups excluding carboxylic acids is 1. The highest BCUT2D eigenvalue weighted by Gasteiger charge is 2.51. The van der Waals surface area contributed by atoms with Crippen molar-refractivity contribution >= 4 is 24.5 Å². The Morgan fingerprint density at radius 2 is 1.52 bits per heavy atom. The monoisotopic (exact) mass is 384 g/mol. The second-order valence-corrected chi connectivity index (χ2v) is 12.2. The van der Waals surface area contributed by atoms with Gasteiger partial charge in [0.1, 0.15) is 6.10 Å². The van der Waals surface area contributed by atoms with Crippen LogP contribution in [0.4, 0.5) is 0 Å². The number of ether oxygens (including phenoxy) is 2. The van der Waals surface area contributed by atoms with Crippen molar-refractivity contribution in [3.05, 3.63) is 60.7 Å². The van der Waals surface area contributed by atoms with E-state index in [2.05, 4.69) is 45.0 Å². The lowest BCUT2D eigenvalue weighted by Crippen LogP contribution is -2.67. The van der Waals surface area contributed by atoms with E-state index in [-0.39, 0.29) is 23.8 Å². The van der Waals surface area contributed by atoms with Crippen molar-refractivity contribution < 1.29 is 18.7 Å². The predicted octanol–water partition coefficient (Wildman–Crippen LogP) is 2.89. The summed E-state index contributed by atoms with van der Waals surface area (Å²) >= 11 is 0. The fourth-order valence-corrected chi connectivity index (χ4v) is 8.39. The van der Waals surface area contributed by atoms with Crippen LogP contribution in [0.15, 0.2) is 60.7 Å². The molecule has 2 aromatic rings. The molecule has 0 unspecified atom stereocenters. The molecule has 1 aliphatic heterocycles. The molecule has 2 aromatic carbocycles. The summed E-state index contributed by atoms with van der Waals surface area (Å²) < 4.78 is 17.7. The van der Waals surface area contributed by atoms with Crippen molar-refractivity contribution in [2.45, 2.75) is 44.6 Å². The van der Waals surface area contributed by atoms with Gasteiger partial charge in [-0.25, -0.2) is 0 Å². The normalized spacial score (nSPS) is 20.8. The van der Waals surface area contributed by atoms with Gasteiger partial charge < -0.3 is 13.9 Å². The Balaban J connectivity index is 2.01. The summed E-state index contributed by atoms with van der Waals surface area (Å²) in [6.45, 7) is 6.89. The molecule has 144 valence electrons. The summed E-state index contributed by atoms with van der Waals surface area (Å²) in [5, 5.41) is 2.26. The highest BCUT2D eigenvalue weighted by Crippen LogP contribution is 2.37. The van der Waals surface area contributed by atoms with E-state index in [4.69, 9.17) is 13.9 Å². The van der Waals surface area contributed by atoms with E-state index in [0.29, 0.717) is 0 Å². The van der Waals surface area contributed by atoms with Gasteiger partial charge in [0, 0.05) is 7.11 Å². The maximum absolute atomic E-state index is 12.3. The first-order valence-corrected chi connectivity index (χ1v) is 11.3. The molecule has 5 heteroatoms. The summed E-state index contributed by atoms with van der Waals surface area (Å²) in [5.41, 5.74) is 0. The van der Waals surface area contributed by atoms with E-state index in [1.807, 2.05) is 36.4 Å². The fraction of sp³-hybridized carbons (Fsp3) is 0.409. The molecule has 0 amide bonds. The van der Waals surface area contributed by atoms with Gasteiger partial charge in [0.05, 0.1) is 13.0 Å². The topological polar surface area (TPSA) is 44.8 Å². The number of ketones is 1. The molecule has 0 N–H and O–H groups in total. The Morgan fingerprint density at radius 1 is 1.00 bits per heavy atom.